The minimum atomic E-state index is -0.513. The maximum atomic E-state index is 12.1. The van der Waals surface area contributed by atoms with Crippen molar-refractivity contribution in [1.82, 2.24) is 0 Å². The standard InChI is InChI=1S/C16H12ClNO4/c1-22-16-9-5-13(17)10-12(16)4-8-15(19)11-2-6-14(7-3-11)18(20)21/h2-10H,1H3/b8-4+. The molecule has 0 spiro atoms. The zero-order chi connectivity index (χ0) is 16.1. The molecule has 0 aliphatic carbocycles. The van der Waals surface area contributed by atoms with Crippen LogP contribution in [0.4, 0.5) is 5.69 Å². The molecule has 0 unspecified atom stereocenters. The SMILES string of the molecule is COc1ccc(Cl)cc1/C=C/C(=O)c1ccc([N+](=O)[O-])cc1. The van der Waals surface area contributed by atoms with Gasteiger partial charge in [0.2, 0.25) is 0 Å². The van der Waals surface area contributed by atoms with Gasteiger partial charge in [-0.25, -0.2) is 0 Å². The lowest BCUT2D eigenvalue weighted by Gasteiger charge is -2.04. The fourth-order valence-electron chi connectivity index (χ4n) is 1.84. The Balaban J connectivity index is 2.21. The minimum absolute atomic E-state index is 0.0583. The van der Waals surface area contributed by atoms with Crippen molar-refractivity contribution in [1.29, 1.82) is 0 Å². The number of ketones is 1. The average Bonchev–Trinajstić information content (AvgIpc) is 2.52. The zero-order valence-electron chi connectivity index (χ0n) is 11.7. The Hall–Kier alpha value is -2.66. The Bertz CT molecular complexity index is 738. The molecule has 0 bridgehead atoms. The number of halogens is 1. The predicted octanol–water partition coefficient (Wildman–Crippen LogP) is 4.15. The lowest BCUT2D eigenvalue weighted by atomic mass is 10.1. The second-order valence-electron chi connectivity index (χ2n) is 4.39. The highest BCUT2D eigenvalue weighted by Gasteiger charge is 2.08. The summed E-state index contributed by atoms with van der Waals surface area (Å²) in [5.41, 5.74) is 0.977. The normalized spacial score (nSPS) is 10.6. The summed E-state index contributed by atoms with van der Waals surface area (Å²) in [6.07, 6.45) is 2.96. The van der Waals surface area contributed by atoms with Gasteiger partial charge in [-0.05, 0) is 42.5 Å². The van der Waals surface area contributed by atoms with Gasteiger partial charge in [-0.1, -0.05) is 11.6 Å². The average molecular weight is 318 g/mol. The summed E-state index contributed by atoms with van der Waals surface area (Å²) in [6.45, 7) is 0. The van der Waals surface area contributed by atoms with E-state index in [1.165, 1.54) is 37.5 Å². The van der Waals surface area contributed by atoms with Gasteiger partial charge in [0.05, 0.1) is 12.0 Å². The Kier molecular flexibility index (Phi) is 4.91. The first kappa shape index (κ1) is 15.7. The van der Waals surface area contributed by atoms with Crippen LogP contribution in [0.15, 0.2) is 48.5 Å². The first-order valence-corrected chi connectivity index (χ1v) is 6.69. The van der Waals surface area contributed by atoms with Crippen molar-refractivity contribution in [2.45, 2.75) is 0 Å². The van der Waals surface area contributed by atoms with E-state index in [1.54, 1.807) is 24.3 Å². The van der Waals surface area contributed by atoms with E-state index in [0.717, 1.165) is 0 Å². The molecule has 0 aromatic heterocycles. The molecule has 2 aromatic carbocycles. The van der Waals surface area contributed by atoms with Crippen molar-refractivity contribution in [3.05, 3.63) is 74.8 Å². The summed E-state index contributed by atoms with van der Waals surface area (Å²) >= 11 is 5.91. The number of nitro groups is 1. The molecule has 0 saturated carbocycles. The molecule has 0 aliphatic rings. The number of allylic oxidation sites excluding steroid dienone is 1. The largest absolute Gasteiger partial charge is 0.496 e. The van der Waals surface area contributed by atoms with Crippen molar-refractivity contribution in [3.8, 4) is 5.75 Å². The molecule has 5 nitrogen and oxygen atoms in total. The summed E-state index contributed by atoms with van der Waals surface area (Å²) in [4.78, 5) is 22.1. The molecule has 22 heavy (non-hydrogen) atoms. The van der Waals surface area contributed by atoms with E-state index in [4.69, 9.17) is 16.3 Å². The van der Waals surface area contributed by atoms with Gasteiger partial charge in [-0.3, -0.25) is 14.9 Å². The van der Waals surface area contributed by atoms with Crippen LogP contribution >= 0.6 is 11.6 Å². The van der Waals surface area contributed by atoms with Crippen LogP contribution in [0.5, 0.6) is 5.75 Å². The monoisotopic (exact) mass is 317 g/mol. The summed E-state index contributed by atoms with van der Waals surface area (Å²) in [5.74, 6) is 0.328. The molecule has 0 saturated heterocycles. The summed E-state index contributed by atoms with van der Waals surface area (Å²) in [5, 5.41) is 11.1. The Morgan fingerprint density at radius 1 is 1.23 bits per heavy atom. The van der Waals surface area contributed by atoms with Gasteiger partial charge in [0.15, 0.2) is 5.78 Å². The number of carbonyl (C=O) groups is 1. The van der Waals surface area contributed by atoms with E-state index in [9.17, 15) is 14.9 Å². The topological polar surface area (TPSA) is 69.4 Å². The van der Waals surface area contributed by atoms with Crippen LogP contribution in [0.3, 0.4) is 0 Å². The first-order valence-electron chi connectivity index (χ1n) is 6.31. The van der Waals surface area contributed by atoms with Gasteiger partial charge in [0.25, 0.3) is 5.69 Å². The Morgan fingerprint density at radius 3 is 2.50 bits per heavy atom. The number of hydrogen-bond acceptors (Lipinski definition) is 4. The van der Waals surface area contributed by atoms with Gasteiger partial charge < -0.3 is 4.74 Å². The smallest absolute Gasteiger partial charge is 0.269 e. The number of carbonyl (C=O) groups excluding carboxylic acids is 1. The van der Waals surface area contributed by atoms with Crippen molar-refractivity contribution >= 4 is 29.1 Å². The van der Waals surface area contributed by atoms with Crippen LogP contribution in [-0.4, -0.2) is 17.8 Å². The maximum Gasteiger partial charge on any atom is 0.269 e. The molecule has 0 amide bonds. The third-order valence-corrected chi connectivity index (χ3v) is 3.20. The van der Waals surface area contributed by atoms with E-state index in [2.05, 4.69) is 0 Å². The van der Waals surface area contributed by atoms with Crippen LogP contribution in [0.1, 0.15) is 15.9 Å². The van der Waals surface area contributed by atoms with Gasteiger partial charge in [-0.2, -0.15) is 0 Å². The van der Waals surface area contributed by atoms with Crippen LogP contribution < -0.4 is 4.74 Å². The number of ether oxygens (including phenoxy) is 1. The van der Waals surface area contributed by atoms with E-state index >= 15 is 0 Å². The van der Waals surface area contributed by atoms with Gasteiger partial charge in [0, 0.05) is 28.3 Å². The molecule has 2 aromatic rings. The van der Waals surface area contributed by atoms with Crippen molar-refractivity contribution in [2.75, 3.05) is 7.11 Å². The number of non-ortho nitro benzene ring substituents is 1. The number of rotatable bonds is 5. The van der Waals surface area contributed by atoms with E-state index in [1.807, 2.05) is 0 Å². The first-order chi connectivity index (χ1) is 10.5. The van der Waals surface area contributed by atoms with E-state index < -0.39 is 4.92 Å². The quantitative estimate of drug-likeness (QED) is 0.359. The fourth-order valence-corrected chi connectivity index (χ4v) is 2.03. The van der Waals surface area contributed by atoms with E-state index in [-0.39, 0.29) is 11.5 Å². The third-order valence-electron chi connectivity index (χ3n) is 2.97. The van der Waals surface area contributed by atoms with Crippen LogP contribution in [0, 0.1) is 10.1 Å². The summed E-state index contributed by atoms with van der Waals surface area (Å²) in [7, 11) is 1.53. The molecule has 0 heterocycles. The van der Waals surface area contributed by atoms with Gasteiger partial charge in [-0.15, -0.1) is 0 Å². The lowest BCUT2D eigenvalue weighted by molar-refractivity contribution is -0.384. The molecule has 112 valence electrons. The van der Waals surface area contributed by atoms with Crippen LogP contribution in [-0.2, 0) is 0 Å². The molecular weight excluding hydrogens is 306 g/mol. The fraction of sp³-hybridized carbons (Fsp3) is 0.0625. The third kappa shape index (κ3) is 3.71. The van der Waals surface area contributed by atoms with Crippen molar-refractivity contribution < 1.29 is 14.5 Å². The number of benzene rings is 2. The number of methoxy groups -OCH3 is 1. The molecule has 2 rings (SSSR count). The summed E-state index contributed by atoms with van der Waals surface area (Å²) in [6, 6.07) is 10.5. The van der Waals surface area contributed by atoms with Crippen LogP contribution in [0.2, 0.25) is 5.02 Å². The predicted molar refractivity (Wildman–Crippen MR) is 84.5 cm³/mol. The Labute approximate surface area is 131 Å². The highest BCUT2D eigenvalue weighted by Crippen LogP contribution is 2.24. The molecule has 0 fully saturated rings. The minimum Gasteiger partial charge on any atom is -0.496 e. The Morgan fingerprint density at radius 2 is 1.91 bits per heavy atom. The van der Waals surface area contributed by atoms with E-state index in [0.29, 0.717) is 21.9 Å². The molecule has 0 N–H and O–H groups in total. The zero-order valence-corrected chi connectivity index (χ0v) is 12.4. The molecule has 0 aliphatic heterocycles. The number of nitrogens with zero attached hydrogens (tertiary/aromatic N) is 1. The highest BCUT2D eigenvalue weighted by molar-refractivity contribution is 6.30. The van der Waals surface area contributed by atoms with Crippen molar-refractivity contribution in [2.24, 2.45) is 0 Å². The van der Waals surface area contributed by atoms with Gasteiger partial charge in [0.1, 0.15) is 5.75 Å². The van der Waals surface area contributed by atoms with Gasteiger partial charge >= 0.3 is 0 Å². The molecule has 0 atom stereocenters. The lowest BCUT2D eigenvalue weighted by Crippen LogP contribution is -1.95. The molecule has 0 radical (unpaired) electrons. The second kappa shape index (κ2) is 6.87. The maximum absolute atomic E-state index is 12.1. The number of nitro benzene ring substituents is 1. The van der Waals surface area contributed by atoms with Crippen molar-refractivity contribution in [3.63, 3.8) is 0 Å². The number of hydrogen-bond donors (Lipinski definition) is 0. The molecule has 6 heteroatoms. The second-order valence-corrected chi connectivity index (χ2v) is 4.82. The van der Waals surface area contributed by atoms with Crippen LogP contribution in [0.25, 0.3) is 6.08 Å². The highest BCUT2D eigenvalue weighted by atomic mass is 35.5. The summed E-state index contributed by atoms with van der Waals surface area (Å²) < 4.78 is 5.18. The molecular formula is C16H12ClNO4.